The predicted molar refractivity (Wildman–Crippen MR) is 130 cm³/mol. The number of halogens is 1. The van der Waals surface area contributed by atoms with Crippen molar-refractivity contribution < 1.29 is 5.11 Å². The third-order valence-electron chi connectivity index (χ3n) is 7.95. The number of hydrogen-bond acceptors (Lipinski definition) is 8. The fourth-order valence-corrected chi connectivity index (χ4v) is 6.58. The van der Waals surface area contributed by atoms with Gasteiger partial charge in [-0.3, -0.25) is 10.00 Å². The van der Waals surface area contributed by atoms with E-state index in [0.717, 1.165) is 43.0 Å². The minimum atomic E-state index is -0.112. The van der Waals surface area contributed by atoms with Gasteiger partial charge in [0, 0.05) is 47.2 Å². The van der Waals surface area contributed by atoms with Crippen molar-refractivity contribution >= 4 is 40.1 Å². The Hall–Kier alpha value is -2.93. The van der Waals surface area contributed by atoms with Crippen molar-refractivity contribution in [2.45, 2.75) is 68.8 Å². The van der Waals surface area contributed by atoms with Gasteiger partial charge in [0.25, 0.3) is 0 Å². The van der Waals surface area contributed by atoms with Crippen molar-refractivity contribution in [3.63, 3.8) is 0 Å². The van der Waals surface area contributed by atoms with Crippen LogP contribution in [0.15, 0.2) is 24.3 Å². The topological polar surface area (TPSA) is 117 Å². The van der Waals surface area contributed by atoms with Gasteiger partial charge in [0.1, 0.15) is 5.82 Å². The molecule has 3 aliphatic rings. The zero-order chi connectivity index (χ0) is 23.4. The molecule has 3 aromatic rings. The van der Waals surface area contributed by atoms with Crippen LogP contribution in [0.25, 0.3) is 10.9 Å². The molecule has 0 spiro atoms. The molecule has 4 unspecified atom stereocenters. The molecule has 176 valence electrons. The van der Waals surface area contributed by atoms with Crippen LogP contribution in [-0.4, -0.2) is 60.9 Å². The van der Waals surface area contributed by atoms with Crippen LogP contribution in [-0.2, 0) is 6.61 Å². The second-order valence-electron chi connectivity index (χ2n) is 9.85. The van der Waals surface area contributed by atoms with E-state index in [0.29, 0.717) is 52.8 Å². The zero-order valence-corrected chi connectivity index (χ0v) is 19.8. The van der Waals surface area contributed by atoms with Crippen molar-refractivity contribution in [1.29, 1.82) is 5.26 Å². The molecular weight excluding hydrogens is 452 g/mol. The van der Waals surface area contributed by atoms with Crippen LogP contribution >= 0.6 is 11.6 Å². The fourth-order valence-electron chi connectivity index (χ4n) is 6.41. The number of piperidine rings is 1. The molecule has 2 aromatic heterocycles. The van der Waals surface area contributed by atoms with Gasteiger partial charge >= 0.3 is 0 Å². The number of anilines is 3. The van der Waals surface area contributed by atoms with E-state index in [9.17, 15) is 10.4 Å². The third-order valence-corrected chi connectivity index (χ3v) is 8.18. The molecule has 34 heavy (non-hydrogen) atoms. The number of H-pyrrole nitrogens is 1. The molecule has 1 aromatic carbocycles. The maximum absolute atomic E-state index is 9.35. The number of rotatable bonds is 6. The number of aliphatic hydroxyl groups excluding tert-OH is 1. The maximum atomic E-state index is 9.35. The lowest BCUT2D eigenvalue weighted by atomic mass is 9.72. The van der Waals surface area contributed by atoms with E-state index in [1.165, 1.54) is 0 Å². The Balaban J connectivity index is 1.30. The number of fused-ring (bicyclic) bond motifs is 1. The van der Waals surface area contributed by atoms with Gasteiger partial charge < -0.3 is 15.3 Å². The molecule has 5 heterocycles. The first-order valence-electron chi connectivity index (χ1n) is 11.8. The molecule has 3 aliphatic heterocycles. The Kier molecular flexibility index (Phi) is 5.13. The number of nitrogens with zero attached hydrogens (tertiary/aromatic N) is 6. The molecule has 4 atom stereocenters. The largest absolute Gasteiger partial charge is 0.390 e. The second kappa shape index (κ2) is 8.08. The highest BCUT2D eigenvalue weighted by atomic mass is 35.5. The molecule has 6 rings (SSSR count). The van der Waals surface area contributed by atoms with Gasteiger partial charge in [-0.1, -0.05) is 11.6 Å². The van der Waals surface area contributed by atoms with E-state index in [4.69, 9.17) is 21.6 Å². The molecule has 0 aliphatic carbocycles. The van der Waals surface area contributed by atoms with E-state index in [1.54, 1.807) is 6.07 Å². The van der Waals surface area contributed by atoms with Gasteiger partial charge in [-0.2, -0.15) is 15.3 Å². The van der Waals surface area contributed by atoms with Crippen LogP contribution in [0, 0.1) is 11.3 Å². The predicted octanol–water partition coefficient (Wildman–Crippen LogP) is 3.73. The average Bonchev–Trinajstić information content (AvgIpc) is 3.40. The zero-order valence-electron chi connectivity index (χ0n) is 19.0. The van der Waals surface area contributed by atoms with Crippen LogP contribution in [0.4, 0.5) is 17.6 Å². The van der Waals surface area contributed by atoms with Crippen LogP contribution in [0.5, 0.6) is 0 Å². The van der Waals surface area contributed by atoms with Crippen molar-refractivity contribution in [3.8, 4) is 6.07 Å². The first kappa shape index (κ1) is 21.6. The Bertz CT molecular complexity index is 1290. The van der Waals surface area contributed by atoms with Crippen molar-refractivity contribution in [1.82, 2.24) is 25.1 Å². The first-order chi connectivity index (χ1) is 16.5. The Morgan fingerprint density at radius 1 is 1.32 bits per heavy atom. The minimum absolute atomic E-state index is 0.112. The van der Waals surface area contributed by atoms with Gasteiger partial charge in [0.2, 0.25) is 5.95 Å². The van der Waals surface area contributed by atoms with Gasteiger partial charge in [-0.15, -0.1) is 0 Å². The van der Waals surface area contributed by atoms with E-state index in [2.05, 4.69) is 38.4 Å². The van der Waals surface area contributed by atoms with Crippen molar-refractivity contribution in [3.05, 3.63) is 35.0 Å². The van der Waals surface area contributed by atoms with Crippen LogP contribution in [0.3, 0.4) is 0 Å². The van der Waals surface area contributed by atoms with Crippen LogP contribution < -0.4 is 10.2 Å². The fraction of sp³-hybridized carbons (Fsp3) is 0.500. The van der Waals surface area contributed by atoms with E-state index >= 15 is 0 Å². The summed E-state index contributed by atoms with van der Waals surface area (Å²) in [4.78, 5) is 14.6. The second-order valence-corrected chi connectivity index (χ2v) is 10.3. The number of nitriles is 1. The lowest BCUT2D eigenvalue weighted by molar-refractivity contribution is -0.0900. The molecule has 3 N–H and O–H groups in total. The SMILES string of the molecule is CN(c1nc(Nc2cc(CO)[nH]n2)c2ccc(Cl)cc2n1)C1CC2CCC3(CC#N)CC(C1)N23. The molecule has 10 heteroatoms. The normalized spacial score (nSPS) is 27.8. The van der Waals surface area contributed by atoms with Crippen molar-refractivity contribution in [2.75, 3.05) is 17.3 Å². The number of aromatic amines is 1. The number of aliphatic hydroxyl groups is 1. The summed E-state index contributed by atoms with van der Waals surface area (Å²) >= 11 is 6.29. The summed E-state index contributed by atoms with van der Waals surface area (Å²) in [6, 6.07) is 11.2. The number of benzene rings is 1. The molecule has 0 bridgehead atoms. The first-order valence-corrected chi connectivity index (χ1v) is 12.2. The number of hydrogen-bond donors (Lipinski definition) is 3. The summed E-state index contributed by atoms with van der Waals surface area (Å²) < 4.78 is 0. The molecule has 3 fully saturated rings. The smallest absolute Gasteiger partial charge is 0.227 e. The highest BCUT2D eigenvalue weighted by Gasteiger charge is 2.60. The highest BCUT2D eigenvalue weighted by Crippen LogP contribution is 2.55. The Morgan fingerprint density at radius 3 is 2.97 bits per heavy atom. The molecular formula is C24H27ClN8O. The van der Waals surface area contributed by atoms with E-state index in [1.807, 2.05) is 18.2 Å². The minimum Gasteiger partial charge on any atom is -0.390 e. The Morgan fingerprint density at radius 2 is 2.18 bits per heavy atom. The standard InChI is InChI=1S/C24H27ClN8O/c1-32(17-10-16-4-5-24(6-7-26)12-18(11-17)33(16)24)23-27-20-8-14(25)2-3-19(20)22(29-23)28-21-9-15(13-34)30-31-21/h2-3,8-9,16-18,34H,4-6,10-13H2,1H3,(H2,27,28,29,30,31). The summed E-state index contributed by atoms with van der Waals surface area (Å²) in [5, 5.41) is 30.4. The Labute approximate surface area is 202 Å². The van der Waals surface area contributed by atoms with Gasteiger partial charge in [0.15, 0.2) is 5.82 Å². The van der Waals surface area contributed by atoms with E-state index in [-0.39, 0.29) is 12.1 Å². The summed E-state index contributed by atoms with van der Waals surface area (Å²) in [6.07, 6.45) is 6.18. The summed E-state index contributed by atoms with van der Waals surface area (Å²) in [5.74, 6) is 1.87. The van der Waals surface area contributed by atoms with Gasteiger partial charge in [-0.25, -0.2) is 4.98 Å². The summed E-state index contributed by atoms with van der Waals surface area (Å²) in [7, 11) is 2.07. The highest BCUT2D eigenvalue weighted by molar-refractivity contribution is 6.31. The average molecular weight is 479 g/mol. The van der Waals surface area contributed by atoms with Gasteiger partial charge in [0.05, 0.1) is 30.3 Å². The number of nitrogens with one attached hydrogen (secondary N) is 2. The van der Waals surface area contributed by atoms with Crippen LogP contribution in [0.1, 0.15) is 44.2 Å². The van der Waals surface area contributed by atoms with Gasteiger partial charge in [-0.05, 0) is 50.3 Å². The lowest BCUT2D eigenvalue weighted by Crippen LogP contribution is -2.68. The monoisotopic (exact) mass is 478 g/mol. The summed E-state index contributed by atoms with van der Waals surface area (Å²) in [5.41, 5.74) is 1.52. The summed E-state index contributed by atoms with van der Waals surface area (Å²) in [6.45, 7) is -0.112. The van der Waals surface area contributed by atoms with Crippen molar-refractivity contribution in [2.24, 2.45) is 0 Å². The molecule has 0 radical (unpaired) electrons. The van der Waals surface area contributed by atoms with E-state index < -0.39 is 0 Å². The quantitative estimate of drug-likeness (QED) is 0.490. The number of aromatic nitrogens is 4. The maximum Gasteiger partial charge on any atom is 0.227 e. The molecule has 0 saturated carbocycles. The molecule has 0 amide bonds. The van der Waals surface area contributed by atoms with Crippen LogP contribution in [0.2, 0.25) is 5.02 Å². The lowest BCUT2D eigenvalue weighted by Gasteiger charge is -2.60. The third kappa shape index (κ3) is 3.40. The molecule has 3 saturated heterocycles. The molecule has 9 nitrogen and oxygen atoms in total.